The molecule has 0 atom stereocenters. The van der Waals surface area contributed by atoms with Crippen LogP contribution < -0.4 is 4.90 Å². The van der Waals surface area contributed by atoms with Gasteiger partial charge >= 0.3 is 0 Å². The number of fused-ring (bicyclic) bond motifs is 5. The maximum atomic E-state index is 2.41. The predicted molar refractivity (Wildman–Crippen MR) is 255 cm³/mol. The van der Waals surface area contributed by atoms with Gasteiger partial charge in [0.15, 0.2) is 0 Å². The molecule has 1 heterocycles. The second-order valence-electron chi connectivity index (χ2n) is 15.3. The zero-order chi connectivity index (χ0) is 39.8. The Hall–Kier alpha value is -7.94. The van der Waals surface area contributed by atoms with Gasteiger partial charge in [-0.15, -0.1) is 0 Å². The fourth-order valence-corrected chi connectivity index (χ4v) is 8.92. The summed E-state index contributed by atoms with van der Waals surface area (Å²) in [5.41, 5.74) is 16.4. The molecule has 0 saturated carbocycles. The second-order valence-corrected chi connectivity index (χ2v) is 15.3. The van der Waals surface area contributed by atoms with Crippen LogP contribution in [0.15, 0.2) is 243 Å². The fraction of sp³-hybridized carbons (Fsp3) is 0. The summed E-state index contributed by atoms with van der Waals surface area (Å²) in [6.07, 6.45) is 0. The maximum Gasteiger partial charge on any atom is 0.0547 e. The molecule has 282 valence electrons. The predicted octanol–water partition coefficient (Wildman–Crippen LogP) is 16.1. The van der Waals surface area contributed by atoms with Gasteiger partial charge in [0.05, 0.1) is 11.0 Å². The molecule has 0 unspecified atom stereocenters. The number of benzene rings is 10. The van der Waals surface area contributed by atoms with Crippen molar-refractivity contribution in [2.24, 2.45) is 0 Å². The number of hydrogen-bond donors (Lipinski definition) is 0. The van der Waals surface area contributed by atoms with Gasteiger partial charge in [-0.1, -0.05) is 182 Å². The minimum atomic E-state index is 1.09. The monoisotopic (exact) mass is 764 g/mol. The van der Waals surface area contributed by atoms with Gasteiger partial charge in [0.25, 0.3) is 0 Å². The topological polar surface area (TPSA) is 8.17 Å². The molecule has 2 nitrogen and oxygen atoms in total. The zero-order valence-corrected chi connectivity index (χ0v) is 33.0. The Morgan fingerprint density at radius 1 is 0.283 bits per heavy atom. The van der Waals surface area contributed by atoms with Gasteiger partial charge in [0.2, 0.25) is 0 Å². The first-order valence-electron chi connectivity index (χ1n) is 20.6. The third kappa shape index (κ3) is 6.32. The second kappa shape index (κ2) is 15.1. The molecule has 0 aliphatic carbocycles. The minimum Gasteiger partial charge on any atom is -0.311 e. The summed E-state index contributed by atoms with van der Waals surface area (Å²) in [6, 6.07) is 87.7. The molecule has 2 heteroatoms. The van der Waals surface area contributed by atoms with E-state index in [9.17, 15) is 0 Å². The summed E-state index contributed by atoms with van der Waals surface area (Å²) in [5, 5.41) is 5.10. The number of nitrogens with zero attached hydrogens (tertiary/aromatic N) is 2. The van der Waals surface area contributed by atoms with Gasteiger partial charge in [-0.2, -0.15) is 0 Å². The Balaban J connectivity index is 0.973. The summed E-state index contributed by atoms with van der Waals surface area (Å²) in [4.78, 5) is 2.35. The highest BCUT2D eigenvalue weighted by Gasteiger charge is 2.17. The molecule has 0 N–H and O–H groups in total. The van der Waals surface area contributed by atoms with Crippen LogP contribution in [0.5, 0.6) is 0 Å². The van der Waals surface area contributed by atoms with Crippen LogP contribution in [0.1, 0.15) is 0 Å². The molecule has 0 saturated heterocycles. The highest BCUT2D eigenvalue weighted by atomic mass is 15.1. The number of para-hydroxylation sites is 1. The lowest BCUT2D eigenvalue weighted by Gasteiger charge is -2.26. The minimum absolute atomic E-state index is 1.09. The van der Waals surface area contributed by atoms with Crippen LogP contribution >= 0.6 is 0 Å². The number of aromatic nitrogens is 1. The van der Waals surface area contributed by atoms with Crippen molar-refractivity contribution >= 4 is 49.6 Å². The average Bonchev–Trinajstić information content (AvgIpc) is 3.68. The zero-order valence-electron chi connectivity index (χ0n) is 33.0. The van der Waals surface area contributed by atoms with Crippen LogP contribution in [0.4, 0.5) is 17.1 Å². The van der Waals surface area contributed by atoms with Gasteiger partial charge in [-0.25, -0.2) is 0 Å². The first-order valence-corrected chi connectivity index (χ1v) is 20.6. The molecule has 0 fully saturated rings. The Morgan fingerprint density at radius 2 is 0.750 bits per heavy atom. The van der Waals surface area contributed by atoms with Crippen molar-refractivity contribution in [2.45, 2.75) is 0 Å². The fourth-order valence-electron chi connectivity index (χ4n) is 8.92. The smallest absolute Gasteiger partial charge is 0.0547 e. The molecule has 0 bridgehead atoms. The molecule has 11 aromatic rings. The van der Waals surface area contributed by atoms with Crippen LogP contribution in [0.2, 0.25) is 0 Å². The van der Waals surface area contributed by atoms with E-state index in [0.29, 0.717) is 0 Å². The normalized spacial score (nSPS) is 11.3. The summed E-state index contributed by atoms with van der Waals surface area (Å²) in [6.45, 7) is 0. The van der Waals surface area contributed by atoms with E-state index in [1.165, 1.54) is 77.1 Å². The van der Waals surface area contributed by atoms with Gasteiger partial charge in [0.1, 0.15) is 0 Å². The molecule has 0 spiro atoms. The highest BCUT2D eigenvalue weighted by molar-refractivity contribution is 6.21. The Kier molecular flexibility index (Phi) is 8.87. The highest BCUT2D eigenvalue weighted by Crippen LogP contribution is 2.41. The standard InChI is InChI=1S/C58H40N2/c1-3-14-41(15-4-1)42-26-33-48(34-27-42)59(50-37-30-46(31-38-50)53-22-10-9-21-52(53)44-16-5-2-6-17-44)49-35-28-43(29-36-49)47-19-13-20-51(40-47)60-56-25-12-11-24-55(56)58-54-23-8-7-18-45(54)32-39-57(58)60/h1-40H. The van der Waals surface area contributed by atoms with E-state index in [4.69, 9.17) is 0 Å². The Bertz CT molecular complexity index is 3270. The van der Waals surface area contributed by atoms with E-state index in [-0.39, 0.29) is 0 Å². The first kappa shape index (κ1) is 35.2. The van der Waals surface area contributed by atoms with Gasteiger partial charge in [0, 0.05) is 33.5 Å². The lowest BCUT2D eigenvalue weighted by Crippen LogP contribution is -2.09. The maximum absolute atomic E-state index is 2.41. The average molecular weight is 765 g/mol. The van der Waals surface area contributed by atoms with Gasteiger partial charge < -0.3 is 9.47 Å². The van der Waals surface area contributed by atoms with E-state index in [1.54, 1.807) is 0 Å². The summed E-state index contributed by atoms with van der Waals surface area (Å²) in [7, 11) is 0. The van der Waals surface area contributed by atoms with Crippen molar-refractivity contribution in [3.63, 3.8) is 0 Å². The van der Waals surface area contributed by atoms with E-state index < -0.39 is 0 Å². The molecule has 0 radical (unpaired) electrons. The molecule has 0 aliphatic heterocycles. The lowest BCUT2D eigenvalue weighted by atomic mass is 9.94. The number of rotatable bonds is 8. The van der Waals surface area contributed by atoms with E-state index in [0.717, 1.165) is 22.7 Å². The van der Waals surface area contributed by atoms with Gasteiger partial charge in [-0.3, -0.25) is 0 Å². The van der Waals surface area contributed by atoms with Crippen molar-refractivity contribution in [3.05, 3.63) is 243 Å². The Labute approximate surface area is 350 Å². The van der Waals surface area contributed by atoms with Crippen LogP contribution in [0.3, 0.4) is 0 Å². The summed E-state index contributed by atoms with van der Waals surface area (Å²) in [5.74, 6) is 0. The van der Waals surface area contributed by atoms with Crippen LogP contribution in [-0.4, -0.2) is 4.57 Å². The van der Waals surface area contributed by atoms with E-state index in [1.807, 2.05) is 0 Å². The molecule has 10 aromatic carbocycles. The van der Waals surface area contributed by atoms with Crippen molar-refractivity contribution in [3.8, 4) is 50.2 Å². The third-order valence-corrected chi connectivity index (χ3v) is 11.8. The molecule has 0 aliphatic rings. The molecule has 60 heavy (non-hydrogen) atoms. The number of hydrogen-bond acceptors (Lipinski definition) is 1. The molecular formula is C58H40N2. The van der Waals surface area contributed by atoms with Crippen LogP contribution in [0, 0.1) is 0 Å². The lowest BCUT2D eigenvalue weighted by molar-refractivity contribution is 1.18. The molecule has 0 amide bonds. The SMILES string of the molecule is c1ccc(-c2ccc(N(c3ccc(-c4cccc(-n5c6ccccc6c6c7ccccc7ccc65)c4)cc3)c3ccc(-c4ccccc4-c4ccccc4)cc3)cc2)cc1. The van der Waals surface area contributed by atoms with Crippen LogP contribution in [0.25, 0.3) is 82.8 Å². The van der Waals surface area contributed by atoms with Crippen molar-refractivity contribution < 1.29 is 0 Å². The largest absolute Gasteiger partial charge is 0.311 e. The molecule has 11 rings (SSSR count). The van der Waals surface area contributed by atoms with Crippen molar-refractivity contribution in [1.82, 2.24) is 4.57 Å². The Morgan fingerprint density at radius 3 is 1.40 bits per heavy atom. The number of anilines is 3. The van der Waals surface area contributed by atoms with E-state index >= 15 is 0 Å². The van der Waals surface area contributed by atoms with Crippen molar-refractivity contribution in [2.75, 3.05) is 4.90 Å². The quantitative estimate of drug-likeness (QED) is 0.150. The summed E-state index contributed by atoms with van der Waals surface area (Å²) < 4.78 is 2.41. The molecule has 1 aromatic heterocycles. The van der Waals surface area contributed by atoms with Crippen molar-refractivity contribution in [1.29, 1.82) is 0 Å². The van der Waals surface area contributed by atoms with Crippen LogP contribution in [-0.2, 0) is 0 Å². The van der Waals surface area contributed by atoms with Gasteiger partial charge in [-0.05, 0) is 116 Å². The van der Waals surface area contributed by atoms with E-state index in [2.05, 4.69) is 252 Å². The summed E-state index contributed by atoms with van der Waals surface area (Å²) >= 11 is 0. The molecular weight excluding hydrogens is 725 g/mol. The first-order chi connectivity index (χ1) is 29.8. The third-order valence-electron chi connectivity index (χ3n) is 11.8.